The summed E-state index contributed by atoms with van der Waals surface area (Å²) in [5.41, 5.74) is -0.507. The molecule has 20 heavy (non-hydrogen) atoms. The Morgan fingerprint density at radius 1 is 1.30 bits per heavy atom. The first-order chi connectivity index (χ1) is 9.29. The predicted octanol–water partition coefficient (Wildman–Crippen LogP) is 1.61. The highest BCUT2D eigenvalue weighted by Gasteiger charge is 2.51. The van der Waals surface area contributed by atoms with Crippen molar-refractivity contribution in [1.29, 1.82) is 0 Å². The summed E-state index contributed by atoms with van der Waals surface area (Å²) in [5, 5.41) is 10.9. The molecule has 2 amide bonds. The summed E-state index contributed by atoms with van der Waals surface area (Å²) in [5.74, 6) is -0.894. The van der Waals surface area contributed by atoms with Gasteiger partial charge in [-0.3, -0.25) is 24.6 Å². The third-order valence-electron chi connectivity index (χ3n) is 3.62. The van der Waals surface area contributed by atoms with E-state index in [2.05, 4.69) is 0 Å². The van der Waals surface area contributed by atoms with Crippen LogP contribution in [0.1, 0.15) is 36.7 Å². The number of nitrogens with zero attached hydrogens (tertiary/aromatic N) is 2. The first-order valence-corrected chi connectivity index (χ1v) is 6.38. The first-order valence-electron chi connectivity index (χ1n) is 6.38. The van der Waals surface area contributed by atoms with E-state index >= 15 is 0 Å². The number of amides is 2. The number of carbonyl (C=O) groups excluding carboxylic acids is 2. The standard InChI is InChI=1S/C14H16N2O4/c1-9(2)16-12(17)10-6-4-5-7-11(10)14(3,13(16)18)8-15(19)20/h4-7,9H,8H2,1-3H3. The lowest BCUT2D eigenvalue weighted by atomic mass is 9.75. The number of carbonyl (C=O) groups is 2. The highest BCUT2D eigenvalue weighted by atomic mass is 16.6. The van der Waals surface area contributed by atoms with Gasteiger partial charge in [-0.2, -0.15) is 0 Å². The third kappa shape index (κ3) is 1.97. The normalized spacial score (nSPS) is 22.1. The SMILES string of the molecule is CC(C)N1C(=O)c2ccccc2C(C)(C[N+](=O)[O-])C1=O. The molecule has 1 aliphatic rings. The van der Waals surface area contributed by atoms with E-state index in [4.69, 9.17) is 0 Å². The van der Waals surface area contributed by atoms with Gasteiger partial charge in [0.15, 0.2) is 0 Å². The van der Waals surface area contributed by atoms with Crippen molar-refractivity contribution in [2.24, 2.45) is 0 Å². The maximum absolute atomic E-state index is 12.6. The van der Waals surface area contributed by atoms with Crippen LogP contribution in [0.5, 0.6) is 0 Å². The minimum atomic E-state index is -1.31. The molecular weight excluding hydrogens is 260 g/mol. The largest absolute Gasteiger partial charge is 0.275 e. The van der Waals surface area contributed by atoms with E-state index in [0.29, 0.717) is 11.1 Å². The smallest absolute Gasteiger partial charge is 0.261 e. The summed E-state index contributed by atoms with van der Waals surface area (Å²) in [6.07, 6.45) is 0. The molecule has 1 aromatic rings. The minimum absolute atomic E-state index is 0.338. The van der Waals surface area contributed by atoms with Crippen LogP contribution in [-0.4, -0.2) is 34.2 Å². The van der Waals surface area contributed by atoms with Crippen molar-refractivity contribution in [3.63, 3.8) is 0 Å². The Balaban J connectivity index is 2.67. The van der Waals surface area contributed by atoms with Crippen molar-refractivity contribution in [1.82, 2.24) is 4.90 Å². The zero-order chi connectivity index (χ0) is 15.1. The van der Waals surface area contributed by atoms with Gasteiger partial charge in [0.25, 0.3) is 5.91 Å². The quantitative estimate of drug-likeness (QED) is 0.477. The monoisotopic (exact) mass is 276 g/mol. The molecule has 6 nitrogen and oxygen atoms in total. The molecule has 1 heterocycles. The van der Waals surface area contributed by atoms with Crippen molar-refractivity contribution in [3.8, 4) is 0 Å². The number of imide groups is 1. The fourth-order valence-electron chi connectivity index (χ4n) is 2.63. The van der Waals surface area contributed by atoms with Crippen LogP contribution in [0.4, 0.5) is 0 Å². The lowest BCUT2D eigenvalue weighted by molar-refractivity contribution is -0.487. The van der Waals surface area contributed by atoms with Gasteiger partial charge in [-0.15, -0.1) is 0 Å². The minimum Gasteiger partial charge on any atom is -0.275 e. The van der Waals surface area contributed by atoms with Crippen LogP contribution in [0.3, 0.4) is 0 Å². The molecule has 1 aromatic carbocycles. The van der Waals surface area contributed by atoms with E-state index in [0.717, 1.165) is 4.90 Å². The first kappa shape index (κ1) is 14.2. The van der Waals surface area contributed by atoms with Crippen LogP contribution in [0, 0.1) is 10.1 Å². The Hall–Kier alpha value is -2.24. The van der Waals surface area contributed by atoms with Gasteiger partial charge in [-0.1, -0.05) is 18.2 Å². The van der Waals surface area contributed by atoms with Crippen LogP contribution in [-0.2, 0) is 10.2 Å². The Bertz CT molecular complexity index is 597. The summed E-state index contributed by atoms with van der Waals surface area (Å²) in [6.45, 7) is 4.44. The van der Waals surface area contributed by atoms with Gasteiger partial charge in [-0.25, -0.2) is 0 Å². The third-order valence-corrected chi connectivity index (χ3v) is 3.62. The molecule has 2 rings (SSSR count). The molecule has 0 saturated carbocycles. The average Bonchev–Trinajstić information content (AvgIpc) is 2.36. The summed E-state index contributed by atoms with van der Waals surface area (Å²) in [4.78, 5) is 36.5. The predicted molar refractivity (Wildman–Crippen MR) is 72.0 cm³/mol. The zero-order valence-corrected chi connectivity index (χ0v) is 11.6. The van der Waals surface area contributed by atoms with E-state index in [9.17, 15) is 19.7 Å². The summed E-state index contributed by atoms with van der Waals surface area (Å²) >= 11 is 0. The van der Waals surface area contributed by atoms with Crippen LogP contribution >= 0.6 is 0 Å². The van der Waals surface area contributed by atoms with Crippen molar-refractivity contribution in [2.75, 3.05) is 6.54 Å². The fraction of sp³-hybridized carbons (Fsp3) is 0.429. The molecule has 6 heteroatoms. The topological polar surface area (TPSA) is 80.5 Å². The summed E-state index contributed by atoms with van der Waals surface area (Å²) in [7, 11) is 0. The molecule has 0 aliphatic carbocycles. The number of rotatable bonds is 3. The number of fused-ring (bicyclic) bond motifs is 1. The van der Waals surface area contributed by atoms with Crippen molar-refractivity contribution >= 4 is 11.8 Å². The molecule has 0 spiro atoms. The van der Waals surface area contributed by atoms with Crippen LogP contribution in [0.2, 0.25) is 0 Å². The molecule has 0 fully saturated rings. The Morgan fingerprint density at radius 3 is 2.45 bits per heavy atom. The molecule has 1 aliphatic heterocycles. The molecule has 1 atom stereocenters. The highest BCUT2D eigenvalue weighted by Crippen LogP contribution is 2.35. The number of hydrogen-bond donors (Lipinski definition) is 0. The Morgan fingerprint density at radius 2 is 1.90 bits per heavy atom. The number of benzene rings is 1. The summed E-state index contributed by atoms with van der Waals surface area (Å²) in [6, 6.07) is 6.26. The number of nitro groups is 1. The maximum Gasteiger partial charge on any atom is 0.261 e. The van der Waals surface area contributed by atoms with Gasteiger partial charge < -0.3 is 0 Å². The maximum atomic E-state index is 12.6. The number of hydrogen-bond acceptors (Lipinski definition) is 4. The van der Waals surface area contributed by atoms with Crippen LogP contribution < -0.4 is 0 Å². The molecule has 0 N–H and O–H groups in total. The van der Waals surface area contributed by atoms with Gasteiger partial charge in [-0.05, 0) is 32.4 Å². The highest BCUT2D eigenvalue weighted by molar-refractivity contribution is 6.13. The molecule has 0 aromatic heterocycles. The van der Waals surface area contributed by atoms with Crippen molar-refractivity contribution in [3.05, 3.63) is 45.5 Å². The molecule has 0 radical (unpaired) electrons. The second-order valence-electron chi connectivity index (χ2n) is 5.44. The van der Waals surface area contributed by atoms with Crippen molar-refractivity contribution < 1.29 is 14.5 Å². The fourth-order valence-corrected chi connectivity index (χ4v) is 2.63. The van der Waals surface area contributed by atoms with E-state index < -0.39 is 22.8 Å². The van der Waals surface area contributed by atoms with E-state index in [1.807, 2.05) is 0 Å². The Kier molecular flexibility index (Phi) is 3.33. The zero-order valence-electron chi connectivity index (χ0n) is 11.6. The van der Waals surface area contributed by atoms with Gasteiger partial charge in [0.05, 0.1) is 0 Å². The lowest BCUT2D eigenvalue weighted by Crippen LogP contribution is -2.57. The van der Waals surface area contributed by atoms with Gasteiger partial charge >= 0.3 is 0 Å². The lowest BCUT2D eigenvalue weighted by Gasteiger charge is -2.39. The molecule has 1 unspecified atom stereocenters. The van der Waals surface area contributed by atoms with Crippen LogP contribution in [0.25, 0.3) is 0 Å². The van der Waals surface area contributed by atoms with Crippen molar-refractivity contribution in [2.45, 2.75) is 32.2 Å². The van der Waals surface area contributed by atoms with Gasteiger partial charge in [0.2, 0.25) is 12.5 Å². The van der Waals surface area contributed by atoms with Gasteiger partial charge in [0.1, 0.15) is 5.41 Å². The van der Waals surface area contributed by atoms with Gasteiger partial charge in [0, 0.05) is 16.5 Å². The molecule has 0 saturated heterocycles. The van der Waals surface area contributed by atoms with E-state index in [1.165, 1.54) is 6.92 Å². The second-order valence-corrected chi connectivity index (χ2v) is 5.44. The van der Waals surface area contributed by atoms with Crippen LogP contribution in [0.15, 0.2) is 24.3 Å². The summed E-state index contributed by atoms with van der Waals surface area (Å²) < 4.78 is 0. The van der Waals surface area contributed by atoms with E-state index in [1.54, 1.807) is 38.1 Å². The molecule has 0 bridgehead atoms. The second kappa shape index (κ2) is 4.70. The molecule has 106 valence electrons. The van der Waals surface area contributed by atoms with E-state index in [-0.39, 0.29) is 11.9 Å². The Labute approximate surface area is 116 Å². The average molecular weight is 276 g/mol. The molecular formula is C14H16N2O4.